The van der Waals surface area contributed by atoms with Crippen molar-refractivity contribution in [1.82, 2.24) is 9.97 Å². The van der Waals surface area contributed by atoms with Crippen molar-refractivity contribution in [3.63, 3.8) is 0 Å². The maximum absolute atomic E-state index is 5.64. The number of ether oxygens (including phenoxy) is 1. The molecule has 4 nitrogen and oxygen atoms in total. The Balaban J connectivity index is 2.60. The minimum atomic E-state index is 0.396. The first-order valence-electron chi connectivity index (χ1n) is 5.52. The van der Waals surface area contributed by atoms with Crippen LogP contribution in [0.25, 0.3) is 11.3 Å². The van der Waals surface area contributed by atoms with E-state index >= 15 is 0 Å². The fraction of sp³-hybridized carbons (Fsp3) is 0.231. The van der Waals surface area contributed by atoms with Crippen molar-refractivity contribution < 1.29 is 4.74 Å². The van der Waals surface area contributed by atoms with Crippen LogP contribution >= 0.6 is 15.9 Å². The summed E-state index contributed by atoms with van der Waals surface area (Å²) in [6.07, 6.45) is 0. The number of methoxy groups -OCH3 is 1. The van der Waals surface area contributed by atoms with Crippen LogP contribution in [0, 0.1) is 6.92 Å². The summed E-state index contributed by atoms with van der Waals surface area (Å²) >= 11 is 3.45. The first kappa shape index (κ1) is 13.0. The Kier molecular flexibility index (Phi) is 3.93. The summed E-state index contributed by atoms with van der Waals surface area (Å²) in [6, 6.07) is 7.69. The average Bonchev–Trinajstić information content (AvgIpc) is 2.38. The van der Waals surface area contributed by atoms with Crippen LogP contribution in [0.3, 0.4) is 0 Å². The molecule has 1 heterocycles. The molecule has 0 saturated heterocycles. The zero-order valence-electron chi connectivity index (χ0n) is 10.3. The van der Waals surface area contributed by atoms with Crippen LogP contribution in [0.4, 0.5) is 0 Å². The topological polar surface area (TPSA) is 61.0 Å². The third-order valence-corrected chi connectivity index (χ3v) is 3.03. The van der Waals surface area contributed by atoms with Crippen molar-refractivity contribution >= 4 is 15.9 Å². The molecule has 0 aliphatic carbocycles. The van der Waals surface area contributed by atoms with Gasteiger partial charge in [-0.25, -0.2) is 9.97 Å². The number of aryl methyl sites for hydroxylation is 1. The minimum absolute atomic E-state index is 0.396. The Morgan fingerprint density at radius 1 is 1.28 bits per heavy atom. The second-order valence-electron chi connectivity index (χ2n) is 3.84. The fourth-order valence-electron chi connectivity index (χ4n) is 1.75. The molecule has 1 aromatic carbocycles. The number of halogens is 1. The van der Waals surface area contributed by atoms with Crippen LogP contribution in [0.2, 0.25) is 0 Å². The molecular weight excluding hydrogens is 294 g/mol. The second-order valence-corrected chi connectivity index (χ2v) is 4.76. The van der Waals surface area contributed by atoms with E-state index in [2.05, 4.69) is 25.9 Å². The SMILES string of the molecule is COc1ccc(Br)cc1-c1cc(CN)nc(C)n1. The quantitative estimate of drug-likeness (QED) is 0.947. The average molecular weight is 308 g/mol. The molecule has 0 unspecified atom stereocenters. The van der Waals surface area contributed by atoms with E-state index in [0.29, 0.717) is 12.4 Å². The van der Waals surface area contributed by atoms with Gasteiger partial charge < -0.3 is 10.5 Å². The first-order valence-corrected chi connectivity index (χ1v) is 6.32. The molecular formula is C13H14BrN3O. The summed E-state index contributed by atoms with van der Waals surface area (Å²) in [5.41, 5.74) is 8.20. The van der Waals surface area contributed by atoms with Crippen LogP contribution in [0.5, 0.6) is 5.75 Å². The van der Waals surface area contributed by atoms with E-state index in [1.54, 1.807) is 7.11 Å². The molecule has 0 fully saturated rings. The summed E-state index contributed by atoms with van der Waals surface area (Å²) in [4.78, 5) is 8.70. The van der Waals surface area contributed by atoms with Gasteiger partial charge in [-0.3, -0.25) is 0 Å². The van der Waals surface area contributed by atoms with Crippen molar-refractivity contribution in [2.45, 2.75) is 13.5 Å². The number of hydrogen-bond acceptors (Lipinski definition) is 4. The van der Waals surface area contributed by atoms with E-state index < -0.39 is 0 Å². The highest BCUT2D eigenvalue weighted by Crippen LogP contribution is 2.31. The Morgan fingerprint density at radius 2 is 2.06 bits per heavy atom. The van der Waals surface area contributed by atoms with Crippen LogP contribution in [0.15, 0.2) is 28.7 Å². The van der Waals surface area contributed by atoms with E-state index in [1.165, 1.54) is 0 Å². The lowest BCUT2D eigenvalue weighted by molar-refractivity contribution is 0.416. The molecule has 0 aliphatic rings. The van der Waals surface area contributed by atoms with E-state index in [9.17, 15) is 0 Å². The highest BCUT2D eigenvalue weighted by molar-refractivity contribution is 9.10. The van der Waals surface area contributed by atoms with Gasteiger partial charge in [0.15, 0.2) is 0 Å². The first-order chi connectivity index (χ1) is 8.63. The highest BCUT2D eigenvalue weighted by atomic mass is 79.9. The lowest BCUT2D eigenvalue weighted by Gasteiger charge is -2.10. The second kappa shape index (κ2) is 5.46. The van der Waals surface area contributed by atoms with Gasteiger partial charge in [-0.05, 0) is 31.2 Å². The van der Waals surface area contributed by atoms with Gasteiger partial charge in [-0.1, -0.05) is 15.9 Å². The van der Waals surface area contributed by atoms with E-state index in [-0.39, 0.29) is 0 Å². The zero-order chi connectivity index (χ0) is 13.1. The van der Waals surface area contributed by atoms with Gasteiger partial charge in [0, 0.05) is 16.6 Å². The van der Waals surface area contributed by atoms with Crippen molar-refractivity contribution in [3.05, 3.63) is 40.3 Å². The van der Waals surface area contributed by atoms with Crippen molar-refractivity contribution in [2.75, 3.05) is 7.11 Å². The molecule has 2 N–H and O–H groups in total. The molecule has 2 rings (SSSR count). The summed E-state index contributed by atoms with van der Waals surface area (Å²) in [6.45, 7) is 2.25. The fourth-order valence-corrected chi connectivity index (χ4v) is 2.11. The van der Waals surface area contributed by atoms with Crippen LogP contribution in [-0.4, -0.2) is 17.1 Å². The van der Waals surface area contributed by atoms with Crippen molar-refractivity contribution in [3.8, 4) is 17.0 Å². The molecule has 0 radical (unpaired) electrons. The number of nitrogens with two attached hydrogens (primary N) is 1. The third-order valence-electron chi connectivity index (χ3n) is 2.54. The van der Waals surface area contributed by atoms with Gasteiger partial charge in [-0.15, -0.1) is 0 Å². The molecule has 0 atom stereocenters. The Hall–Kier alpha value is -1.46. The maximum atomic E-state index is 5.64. The van der Waals surface area contributed by atoms with E-state index in [1.807, 2.05) is 31.2 Å². The lowest BCUT2D eigenvalue weighted by Crippen LogP contribution is -2.03. The summed E-state index contributed by atoms with van der Waals surface area (Å²) < 4.78 is 6.33. The highest BCUT2D eigenvalue weighted by Gasteiger charge is 2.10. The molecule has 0 bridgehead atoms. The summed E-state index contributed by atoms with van der Waals surface area (Å²) in [5.74, 6) is 1.48. The molecule has 0 saturated carbocycles. The molecule has 2 aromatic rings. The van der Waals surface area contributed by atoms with Gasteiger partial charge in [0.25, 0.3) is 0 Å². The van der Waals surface area contributed by atoms with Crippen molar-refractivity contribution in [2.24, 2.45) is 5.73 Å². The Bertz CT molecular complexity index is 572. The molecule has 0 spiro atoms. The monoisotopic (exact) mass is 307 g/mol. The van der Waals surface area contributed by atoms with Gasteiger partial charge in [0.1, 0.15) is 11.6 Å². The van der Waals surface area contributed by atoms with Gasteiger partial charge in [-0.2, -0.15) is 0 Å². The number of aromatic nitrogens is 2. The molecule has 1 aromatic heterocycles. The summed E-state index contributed by atoms with van der Waals surface area (Å²) in [5, 5.41) is 0. The Labute approximate surface area is 114 Å². The zero-order valence-corrected chi connectivity index (χ0v) is 11.9. The molecule has 18 heavy (non-hydrogen) atoms. The molecule has 0 aliphatic heterocycles. The number of rotatable bonds is 3. The van der Waals surface area contributed by atoms with Crippen molar-refractivity contribution in [1.29, 1.82) is 0 Å². The minimum Gasteiger partial charge on any atom is -0.496 e. The normalized spacial score (nSPS) is 10.4. The predicted octanol–water partition coefficient (Wildman–Crippen LogP) is 2.68. The van der Waals surface area contributed by atoms with Crippen LogP contribution in [-0.2, 0) is 6.54 Å². The standard InChI is InChI=1S/C13H14BrN3O/c1-8-16-10(7-15)6-12(17-8)11-5-9(14)3-4-13(11)18-2/h3-6H,7,15H2,1-2H3. The lowest BCUT2D eigenvalue weighted by atomic mass is 10.1. The largest absolute Gasteiger partial charge is 0.496 e. The van der Waals surface area contributed by atoms with E-state index in [0.717, 1.165) is 27.2 Å². The van der Waals surface area contributed by atoms with Crippen LogP contribution < -0.4 is 10.5 Å². The number of nitrogens with zero attached hydrogens (tertiary/aromatic N) is 2. The van der Waals surface area contributed by atoms with E-state index in [4.69, 9.17) is 10.5 Å². The molecule has 0 amide bonds. The summed E-state index contributed by atoms with van der Waals surface area (Å²) in [7, 11) is 1.64. The number of benzene rings is 1. The van der Waals surface area contributed by atoms with Gasteiger partial charge >= 0.3 is 0 Å². The predicted molar refractivity (Wildman–Crippen MR) is 74.3 cm³/mol. The smallest absolute Gasteiger partial charge is 0.128 e. The maximum Gasteiger partial charge on any atom is 0.128 e. The third kappa shape index (κ3) is 2.68. The van der Waals surface area contributed by atoms with Crippen LogP contribution in [0.1, 0.15) is 11.5 Å². The Morgan fingerprint density at radius 3 is 2.72 bits per heavy atom. The van der Waals surface area contributed by atoms with Gasteiger partial charge in [0.05, 0.1) is 18.5 Å². The number of hydrogen-bond donors (Lipinski definition) is 1. The molecule has 94 valence electrons. The molecule has 5 heteroatoms. The van der Waals surface area contributed by atoms with Gasteiger partial charge in [0.2, 0.25) is 0 Å².